The fourth-order valence-corrected chi connectivity index (χ4v) is 8.09. The number of azide groups is 1. The first kappa shape index (κ1) is 25.6. The maximum Gasteiger partial charge on any atom is 0.315 e. The molecule has 4 aliphatic rings. The molecule has 1 heterocycles. The number of carbonyl (C=O) groups excluding carboxylic acids is 1. The molecule has 0 unspecified atom stereocenters. The lowest BCUT2D eigenvalue weighted by molar-refractivity contribution is -0.160. The van der Waals surface area contributed by atoms with Crippen LogP contribution in [0.25, 0.3) is 10.4 Å². The van der Waals surface area contributed by atoms with E-state index in [2.05, 4.69) is 44.6 Å². The van der Waals surface area contributed by atoms with Gasteiger partial charge < -0.3 is 9.47 Å². The van der Waals surface area contributed by atoms with Crippen LogP contribution in [0.2, 0.25) is 0 Å². The molecule has 3 aliphatic carbocycles. The second-order valence-corrected chi connectivity index (χ2v) is 12.5. The van der Waals surface area contributed by atoms with Crippen molar-refractivity contribution in [1.29, 1.82) is 0 Å². The van der Waals surface area contributed by atoms with Crippen LogP contribution in [-0.4, -0.2) is 25.2 Å². The van der Waals surface area contributed by atoms with Gasteiger partial charge in [-0.2, -0.15) is 0 Å². The number of hydrogen-bond acceptors (Lipinski definition) is 4. The molecule has 0 aromatic carbocycles. The highest BCUT2D eigenvalue weighted by Crippen LogP contribution is 2.65. The molecule has 0 N–H and O–H groups in total. The van der Waals surface area contributed by atoms with Gasteiger partial charge in [0, 0.05) is 22.8 Å². The third-order valence-corrected chi connectivity index (χ3v) is 10.1. The van der Waals surface area contributed by atoms with E-state index in [1.165, 1.54) is 37.7 Å². The van der Waals surface area contributed by atoms with E-state index in [0.29, 0.717) is 25.5 Å². The monoisotopic (exact) mass is 471 g/mol. The first-order valence-electron chi connectivity index (χ1n) is 13.8. The predicted octanol–water partition coefficient (Wildman–Crippen LogP) is 7.59. The van der Waals surface area contributed by atoms with Crippen LogP contribution >= 0.6 is 0 Å². The van der Waals surface area contributed by atoms with Crippen molar-refractivity contribution in [3.05, 3.63) is 21.8 Å². The minimum atomic E-state index is -0.124. The Morgan fingerprint density at radius 3 is 2.68 bits per heavy atom. The van der Waals surface area contributed by atoms with Gasteiger partial charge in [0.2, 0.25) is 0 Å². The summed E-state index contributed by atoms with van der Waals surface area (Å²) in [4.78, 5) is 16.1. The van der Waals surface area contributed by atoms with Crippen molar-refractivity contribution in [2.45, 2.75) is 105 Å². The quantitative estimate of drug-likeness (QED) is 0.114. The summed E-state index contributed by atoms with van der Waals surface area (Å²) in [6, 6.07) is 0. The van der Waals surface area contributed by atoms with E-state index >= 15 is 0 Å². The summed E-state index contributed by atoms with van der Waals surface area (Å²) in [6.07, 6.45) is 11.3. The van der Waals surface area contributed by atoms with Crippen molar-refractivity contribution < 1.29 is 14.3 Å². The Morgan fingerprint density at radius 1 is 1.15 bits per heavy atom. The summed E-state index contributed by atoms with van der Waals surface area (Å²) in [5.74, 6) is 3.54. The standard InChI is InChI=1S/C28H45N3O3/c1-18(2)7-6-8-19(3)21-9-10-22-25-23(12-14-27(21,22)4)28(5)13-11-20(33-16-15-30-31-29)17-24(28)26(32)34-25/h18-22,24H,6-17H2,1-5H3/t19-,20+,21-,22+,24-,27-,28-/m1/s1. The highest BCUT2D eigenvalue weighted by atomic mass is 16.5. The Balaban J connectivity index is 1.48. The van der Waals surface area contributed by atoms with Crippen molar-refractivity contribution in [1.82, 2.24) is 0 Å². The highest BCUT2D eigenvalue weighted by molar-refractivity contribution is 5.77. The molecular weight excluding hydrogens is 426 g/mol. The van der Waals surface area contributed by atoms with Crippen LogP contribution in [0.5, 0.6) is 0 Å². The maximum absolute atomic E-state index is 13.3. The Bertz CT molecular complexity index is 848. The van der Waals surface area contributed by atoms with E-state index in [1.807, 2.05) is 0 Å². The van der Waals surface area contributed by atoms with E-state index in [1.54, 1.807) is 0 Å². The smallest absolute Gasteiger partial charge is 0.315 e. The van der Waals surface area contributed by atoms with E-state index in [-0.39, 0.29) is 28.8 Å². The molecule has 0 aromatic rings. The summed E-state index contributed by atoms with van der Waals surface area (Å²) in [5.41, 5.74) is 10.1. The zero-order valence-corrected chi connectivity index (χ0v) is 22.0. The van der Waals surface area contributed by atoms with E-state index in [9.17, 15) is 4.79 Å². The van der Waals surface area contributed by atoms with Gasteiger partial charge >= 0.3 is 5.97 Å². The van der Waals surface area contributed by atoms with Crippen LogP contribution in [0.15, 0.2) is 16.4 Å². The van der Waals surface area contributed by atoms with Gasteiger partial charge in [-0.25, -0.2) is 0 Å². The van der Waals surface area contributed by atoms with Crippen LogP contribution in [0.1, 0.15) is 98.8 Å². The fourth-order valence-electron chi connectivity index (χ4n) is 8.09. The van der Waals surface area contributed by atoms with E-state index < -0.39 is 0 Å². The second-order valence-electron chi connectivity index (χ2n) is 12.5. The molecule has 0 bridgehead atoms. The summed E-state index contributed by atoms with van der Waals surface area (Å²) >= 11 is 0. The van der Waals surface area contributed by atoms with Crippen LogP contribution in [-0.2, 0) is 14.3 Å². The summed E-state index contributed by atoms with van der Waals surface area (Å²) in [5, 5.41) is 3.56. The number of esters is 1. The number of hydrogen-bond donors (Lipinski definition) is 0. The molecule has 0 aromatic heterocycles. The molecule has 0 saturated heterocycles. The van der Waals surface area contributed by atoms with Gasteiger partial charge in [-0.3, -0.25) is 4.79 Å². The predicted molar refractivity (Wildman–Crippen MR) is 134 cm³/mol. The third kappa shape index (κ3) is 4.65. The minimum absolute atomic E-state index is 0.0396. The molecule has 7 atom stereocenters. The molecule has 4 rings (SSSR count). The molecule has 0 spiro atoms. The molecule has 190 valence electrons. The van der Waals surface area contributed by atoms with Crippen LogP contribution in [0.4, 0.5) is 0 Å². The third-order valence-electron chi connectivity index (χ3n) is 10.1. The van der Waals surface area contributed by atoms with Gasteiger partial charge in [-0.15, -0.1) is 0 Å². The summed E-state index contributed by atoms with van der Waals surface area (Å²) < 4.78 is 12.2. The molecule has 0 radical (unpaired) electrons. The minimum Gasteiger partial charge on any atom is -0.431 e. The molecule has 6 heteroatoms. The Kier molecular flexibility index (Phi) is 7.69. The fraction of sp³-hybridized carbons (Fsp3) is 0.893. The van der Waals surface area contributed by atoms with Gasteiger partial charge in [-0.1, -0.05) is 59.0 Å². The summed E-state index contributed by atoms with van der Waals surface area (Å²) in [7, 11) is 0. The first-order valence-corrected chi connectivity index (χ1v) is 13.8. The van der Waals surface area contributed by atoms with Crippen molar-refractivity contribution in [2.75, 3.05) is 13.2 Å². The second kappa shape index (κ2) is 10.2. The zero-order valence-electron chi connectivity index (χ0n) is 22.0. The molecule has 1 aliphatic heterocycles. The average molecular weight is 472 g/mol. The lowest BCUT2D eigenvalue weighted by Gasteiger charge is -2.53. The van der Waals surface area contributed by atoms with Gasteiger partial charge in [0.15, 0.2) is 0 Å². The topological polar surface area (TPSA) is 84.3 Å². The van der Waals surface area contributed by atoms with Crippen molar-refractivity contribution in [2.24, 2.45) is 45.5 Å². The molecule has 0 amide bonds. The molecule has 34 heavy (non-hydrogen) atoms. The van der Waals surface area contributed by atoms with Crippen LogP contribution < -0.4 is 0 Å². The van der Waals surface area contributed by atoms with E-state index in [4.69, 9.17) is 15.0 Å². The maximum atomic E-state index is 13.3. The molecule has 2 saturated carbocycles. The summed E-state index contributed by atoms with van der Waals surface area (Å²) in [6.45, 7) is 12.7. The Labute approximate surface area is 205 Å². The van der Waals surface area contributed by atoms with E-state index in [0.717, 1.165) is 49.2 Å². The zero-order chi connectivity index (χ0) is 24.5. The van der Waals surface area contributed by atoms with Crippen LogP contribution in [0.3, 0.4) is 0 Å². The van der Waals surface area contributed by atoms with Gasteiger partial charge in [-0.05, 0) is 79.2 Å². The first-order chi connectivity index (χ1) is 16.2. The molecule has 2 fully saturated rings. The number of ether oxygens (including phenoxy) is 2. The Hall–Kier alpha value is -1.52. The Morgan fingerprint density at radius 2 is 1.94 bits per heavy atom. The van der Waals surface area contributed by atoms with Crippen molar-refractivity contribution in [3.8, 4) is 0 Å². The van der Waals surface area contributed by atoms with Gasteiger partial charge in [0.05, 0.1) is 18.6 Å². The number of nitrogens with zero attached hydrogens (tertiary/aromatic N) is 3. The van der Waals surface area contributed by atoms with Crippen molar-refractivity contribution >= 4 is 5.97 Å². The van der Waals surface area contributed by atoms with Gasteiger partial charge in [0.1, 0.15) is 5.76 Å². The lowest BCUT2D eigenvalue weighted by Crippen LogP contribution is -2.50. The van der Waals surface area contributed by atoms with Crippen LogP contribution in [0, 0.1) is 40.4 Å². The number of fused-ring (bicyclic) bond motifs is 4. The highest BCUT2D eigenvalue weighted by Gasteiger charge is 2.59. The molecule has 6 nitrogen and oxygen atoms in total. The largest absolute Gasteiger partial charge is 0.431 e. The average Bonchev–Trinajstić information content (AvgIpc) is 3.14. The normalized spacial score (nSPS) is 38.0. The van der Waals surface area contributed by atoms with Crippen molar-refractivity contribution in [3.63, 3.8) is 0 Å². The number of allylic oxidation sites excluding steroid dienone is 2. The lowest BCUT2D eigenvalue weighted by atomic mass is 9.54. The number of rotatable bonds is 9. The number of carbonyl (C=O) groups is 1. The van der Waals surface area contributed by atoms with Gasteiger partial charge in [0.25, 0.3) is 0 Å². The SMILES string of the molecule is CC(C)CCC[C@@H](C)[C@H]1CC[C@H]2C3=C(CC[C@]12C)[C@@]1(C)CC[C@H](OCCN=[N+]=[N-])C[C@@H]1C(=O)O3. The molecular formula is C28H45N3O3.